The molecule has 7 heteroatoms. The van der Waals surface area contributed by atoms with Gasteiger partial charge in [-0.15, -0.1) is 0 Å². The third-order valence-corrected chi connectivity index (χ3v) is 4.52. The summed E-state index contributed by atoms with van der Waals surface area (Å²) < 4.78 is 48.0. The van der Waals surface area contributed by atoms with E-state index in [1.54, 1.807) is 0 Å². The molecule has 142 valence electrons. The standard InChI is InChI=1S/C17H30F3NO3/c1-3-4-7-13-12(2)24-16(22)14(21)8-5-9-15(13)23-11-6-10-17(18,19)20/h12-15H,3-11,21H2,1-2H3. The van der Waals surface area contributed by atoms with Gasteiger partial charge in [0.1, 0.15) is 12.1 Å². The summed E-state index contributed by atoms with van der Waals surface area (Å²) in [7, 11) is 0. The van der Waals surface area contributed by atoms with Crippen LogP contribution in [0, 0.1) is 5.92 Å². The van der Waals surface area contributed by atoms with E-state index in [2.05, 4.69) is 6.92 Å². The molecule has 4 unspecified atom stereocenters. The first-order valence-electron chi connectivity index (χ1n) is 8.89. The molecule has 1 aliphatic heterocycles. The van der Waals surface area contributed by atoms with E-state index in [1.165, 1.54) is 0 Å². The third kappa shape index (κ3) is 7.83. The Labute approximate surface area is 142 Å². The largest absolute Gasteiger partial charge is 0.461 e. The smallest absolute Gasteiger partial charge is 0.389 e. The van der Waals surface area contributed by atoms with Crippen LogP contribution in [0.1, 0.15) is 65.2 Å². The first kappa shape index (κ1) is 21.2. The lowest BCUT2D eigenvalue weighted by Gasteiger charge is -2.31. The van der Waals surface area contributed by atoms with Gasteiger partial charge in [-0.05, 0) is 39.0 Å². The molecule has 0 aromatic carbocycles. The van der Waals surface area contributed by atoms with E-state index < -0.39 is 24.6 Å². The van der Waals surface area contributed by atoms with E-state index >= 15 is 0 Å². The summed E-state index contributed by atoms with van der Waals surface area (Å²) in [6.07, 6.45) is -0.900. The topological polar surface area (TPSA) is 61.5 Å². The van der Waals surface area contributed by atoms with Crippen LogP contribution in [0.5, 0.6) is 0 Å². The molecule has 4 atom stereocenters. The minimum Gasteiger partial charge on any atom is -0.461 e. The number of alkyl halides is 3. The first-order chi connectivity index (χ1) is 11.2. The van der Waals surface area contributed by atoms with Crippen molar-refractivity contribution in [2.75, 3.05) is 6.61 Å². The number of nitrogens with two attached hydrogens (primary N) is 1. The van der Waals surface area contributed by atoms with Crippen LogP contribution in [0.15, 0.2) is 0 Å². The van der Waals surface area contributed by atoms with Gasteiger partial charge in [0.15, 0.2) is 0 Å². The quantitative estimate of drug-likeness (QED) is 0.556. The highest BCUT2D eigenvalue weighted by molar-refractivity contribution is 5.75. The zero-order valence-electron chi connectivity index (χ0n) is 14.6. The Morgan fingerprint density at radius 2 is 2.00 bits per heavy atom. The van der Waals surface area contributed by atoms with E-state index in [-0.39, 0.29) is 31.2 Å². The molecular weight excluding hydrogens is 323 g/mol. The second-order valence-electron chi connectivity index (χ2n) is 6.61. The Morgan fingerprint density at radius 1 is 1.29 bits per heavy atom. The van der Waals surface area contributed by atoms with Crippen molar-refractivity contribution in [3.63, 3.8) is 0 Å². The summed E-state index contributed by atoms with van der Waals surface area (Å²) in [5.74, 6) is -0.410. The summed E-state index contributed by atoms with van der Waals surface area (Å²) in [5.41, 5.74) is 5.80. The van der Waals surface area contributed by atoms with Gasteiger partial charge in [-0.25, -0.2) is 0 Å². The number of rotatable bonds is 7. The number of ether oxygens (including phenoxy) is 2. The number of carbonyl (C=O) groups excluding carboxylic acids is 1. The number of esters is 1. The lowest BCUT2D eigenvalue weighted by Crippen LogP contribution is -2.38. The summed E-state index contributed by atoms with van der Waals surface area (Å²) in [4.78, 5) is 11.9. The average molecular weight is 353 g/mol. The minimum atomic E-state index is -4.15. The zero-order chi connectivity index (χ0) is 18.2. The maximum Gasteiger partial charge on any atom is 0.389 e. The SMILES string of the molecule is CCCCC1C(C)OC(=O)C(N)CCCC1OCCCC(F)(F)F. The molecule has 1 saturated heterocycles. The van der Waals surface area contributed by atoms with Crippen LogP contribution in [-0.2, 0) is 14.3 Å². The normalized spacial score (nSPS) is 29.5. The maximum atomic E-state index is 12.3. The van der Waals surface area contributed by atoms with Crippen LogP contribution in [0.4, 0.5) is 13.2 Å². The minimum absolute atomic E-state index is 0.00918. The summed E-state index contributed by atoms with van der Waals surface area (Å²) in [5, 5.41) is 0. The average Bonchev–Trinajstić information content (AvgIpc) is 2.53. The number of hydrogen-bond donors (Lipinski definition) is 1. The molecule has 0 aliphatic carbocycles. The maximum absolute atomic E-state index is 12.3. The molecule has 24 heavy (non-hydrogen) atoms. The monoisotopic (exact) mass is 353 g/mol. The number of cyclic esters (lactones) is 1. The van der Waals surface area contributed by atoms with Crippen molar-refractivity contribution in [2.45, 2.75) is 89.6 Å². The number of halogens is 3. The third-order valence-electron chi connectivity index (χ3n) is 4.52. The van der Waals surface area contributed by atoms with Crippen LogP contribution in [0.3, 0.4) is 0 Å². The van der Waals surface area contributed by atoms with Crippen molar-refractivity contribution >= 4 is 5.97 Å². The fourth-order valence-electron chi connectivity index (χ4n) is 3.11. The Hall–Kier alpha value is -0.820. The van der Waals surface area contributed by atoms with Crippen molar-refractivity contribution in [3.8, 4) is 0 Å². The molecule has 1 heterocycles. The van der Waals surface area contributed by atoms with Gasteiger partial charge in [0.05, 0.1) is 6.10 Å². The van der Waals surface area contributed by atoms with E-state index in [0.29, 0.717) is 19.3 Å². The molecule has 4 nitrogen and oxygen atoms in total. The van der Waals surface area contributed by atoms with E-state index in [9.17, 15) is 18.0 Å². The van der Waals surface area contributed by atoms with Gasteiger partial charge in [0.25, 0.3) is 0 Å². The lowest BCUT2D eigenvalue weighted by atomic mass is 9.88. The summed E-state index contributed by atoms with van der Waals surface area (Å²) in [6.45, 7) is 3.96. The fourth-order valence-corrected chi connectivity index (χ4v) is 3.11. The Kier molecular flexibility index (Phi) is 9.05. The molecular formula is C17H30F3NO3. The van der Waals surface area contributed by atoms with Crippen molar-refractivity contribution in [3.05, 3.63) is 0 Å². The van der Waals surface area contributed by atoms with Crippen LogP contribution < -0.4 is 5.73 Å². The van der Waals surface area contributed by atoms with Gasteiger partial charge in [-0.3, -0.25) is 4.79 Å². The van der Waals surface area contributed by atoms with Gasteiger partial charge in [-0.2, -0.15) is 13.2 Å². The second-order valence-corrected chi connectivity index (χ2v) is 6.61. The van der Waals surface area contributed by atoms with E-state index in [1.807, 2.05) is 6.92 Å². The van der Waals surface area contributed by atoms with Crippen LogP contribution in [0.25, 0.3) is 0 Å². The van der Waals surface area contributed by atoms with Crippen LogP contribution in [-0.4, -0.2) is 37.0 Å². The Balaban J connectivity index is 2.68. The molecule has 0 aromatic rings. The van der Waals surface area contributed by atoms with Crippen molar-refractivity contribution in [2.24, 2.45) is 11.7 Å². The molecule has 1 fully saturated rings. The van der Waals surface area contributed by atoms with Crippen molar-refractivity contribution in [1.29, 1.82) is 0 Å². The Bertz CT molecular complexity index is 377. The fraction of sp³-hybridized carbons (Fsp3) is 0.941. The predicted octanol–water partition coefficient (Wildman–Crippen LogP) is 3.96. The predicted molar refractivity (Wildman–Crippen MR) is 85.4 cm³/mol. The van der Waals surface area contributed by atoms with Gasteiger partial charge in [0, 0.05) is 18.9 Å². The highest BCUT2D eigenvalue weighted by atomic mass is 19.4. The molecule has 0 spiro atoms. The van der Waals surface area contributed by atoms with Gasteiger partial charge >= 0.3 is 12.1 Å². The Morgan fingerprint density at radius 3 is 2.62 bits per heavy atom. The lowest BCUT2D eigenvalue weighted by molar-refractivity contribution is -0.156. The molecule has 0 amide bonds. The molecule has 0 saturated carbocycles. The molecule has 1 aliphatic rings. The summed E-state index contributed by atoms with van der Waals surface area (Å²) >= 11 is 0. The molecule has 2 N–H and O–H groups in total. The van der Waals surface area contributed by atoms with Crippen molar-refractivity contribution in [1.82, 2.24) is 0 Å². The van der Waals surface area contributed by atoms with E-state index in [0.717, 1.165) is 19.3 Å². The second kappa shape index (κ2) is 10.2. The number of hydrogen-bond acceptors (Lipinski definition) is 4. The van der Waals surface area contributed by atoms with Gasteiger partial charge in [0.2, 0.25) is 0 Å². The zero-order valence-corrected chi connectivity index (χ0v) is 14.6. The number of carbonyl (C=O) groups is 1. The van der Waals surface area contributed by atoms with Crippen molar-refractivity contribution < 1.29 is 27.4 Å². The van der Waals surface area contributed by atoms with Crippen LogP contribution >= 0.6 is 0 Å². The van der Waals surface area contributed by atoms with Gasteiger partial charge < -0.3 is 15.2 Å². The number of unbranched alkanes of at least 4 members (excludes halogenated alkanes) is 1. The highest BCUT2D eigenvalue weighted by Crippen LogP contribution is 2.29. The molecule has 0 radical (unpaired) electrons. The highest BCUT2D eigenvalue weighted by Gasteiger charge is 2.33. The molecule has 0 bridgehead atoms. The molecule has 1 rings (SSSR count). The van der Waals surface area contributed by atoms with E-state index in [4.69, 9.17) is 15.2 Å². The first-order valence-corrected chi connectivity index (χ1v) is 8.89. The molecule has 0 aromatic heterocycles. The van der Waals surface area contributed by atoms with Crippen LogP contribution in [0.2, 0.25) is 0 Å². The summed E-state index contributed by atoms with van der Waals surface area (Å²) in [6, 6.07) is -0.636. The van der Waals surface area contributed by atoms with Gasteiger partial charge in [-0.1, -0.05) is 19.8 Å².